The molecule has 0 amide bonds. The van der Waals surface area contributed by atoms with E-state index in [1.54, 1.807) is 7.11 Å². The molecule has 7 heteroatoms. The number of hydrogen-bond donors (Lipinski definition) is 1. The molecule has 1 atom stereocenters. The maximum Gasteiger partial charge on any atom is 0.119 e. The highest BCUT2D eigenvalue weighted by Crippen LogP contribution is 2.30. The fraction of sp³-hybridized carbons (Fsp3) is 0.318. The van der Waals surface area contributed by atoms with E-state index in [2.05, 4.69) is 5.32 Å². The maximum atomic E-state index is 6.46. The van der Waals surface area contributed by atoms with Crippen molar-refractivity contribution in [3.05, 3.63) is 65.3 Å². The van der Waals surface area contributed by atoms with Crippen LogP contribution >= 0.6 is 11.6 Å². The van der Waals surface area contributed by atoms with Gasteiger partial charge in [0.2, 0.25) is 0 Å². The summed E-state index contributed by atoms with van der Waals surface area (Å²) in [7, 11) is 1.66. The lowest BCUT2D eigenvalue weighted by molar-refractivity contribution is -0.0864. The van der Waals surface area contributed by atoms with Gasteiger partial charge in [0.05, 0.1) is 49.4 Å². The Morgan fingerprint density at radius 1 is 1.17 bits per heavy atom. The number of hydrogen-bond acceptors (Lipinski definition) is 5. The van der Waals surface area contributed by atoms with E-state index in [4.69, 9.17) is 30.9 Å². The lowest BCUT2D eigenvalue weighted by Gasteiger charge is -2.23. The summed E-state index contributed by atoms with van der Waals surface area (Å²) >= 11 is 6.46. The maximum absolute atomic E-state index is 6.46. The first-order valence-corrected chi connectivity index (χ1v) is 10.0. The zero-order valence-electron chi connectivity index (χ0n) is 16.3. The van der Waals surface area contributed by atoms with Gasteiger partial charge in [0.15, 0.2) is 0 Å². The molecule has 0 aliphatic carbocycles. The Kier molecular flexibility index (Phi) is 6.46. The molecule has 0 saturated carbocycles. The molecule has 29 heavy (non-hydrogen) atoms. The van der Waals surface area contributed by atoms with Crippen LogP contribution in [0.5, 0.6) is 5.75 Å². The number of ether oxygens (including phenoxy) is 3. The third kappa shape index (κ3) is 4.79. The molecule has 1 aliphatic heterocycles. The normalized spacial score (nSPS) is 16.7. The van der Waals surface area contributed by atoms with Gasteiger partial charge in [-0.1, -0.05) is 29.8 Å². The fourth-order valence-corrected chi connectivity index (χ4v) is 3.53. The van der Waals surface area contributed by atoms with Crippen molar-refractivity contribution in [2.24, 2.45) is 0 Å². The van der Waals surface area contributed by atoms with Crippen LogP contribution < -0.4 is 10.1 Å². The summed E-state index contributed by atoms with van der Waals surface area (Å²) in [6, 6.07) is 15.6. The molecule has 152 valence electrons. The predicted octanol–water partition coefficient (Wildman–Crippen LogP) is 3.71. The number of halogens is 1. The molecule has 2 aromatic carbocycles. The van der Waals surface area contributed by atoms with E-state index in [0.717, 1.165) is 34.8 Å². The van der Waals surface area contributed by atoms with Crippen LogP contribution in [0.4, 0.5) is 0 Å². The van der Waals surface area contributed by atoms with E-state index in [0.29, 0.717) is 31.4 Å². The van der Waals surface area contributed by atoms with Gasteiger partial charge in [0.1, 0.15) is 5.75 Å². The first-order chi connectivity index (χ1) is 14.2. The molecular weight excluding hydrogens is 390 g/mol. The Balaban J connectivity index is 1.58. The van der Waals surface area contributed by atoms with Gasteiger partial charge < -0.3 is 19.5 Å². The third-order valence-electron chi connectivity index (χ3n) is 4.83. The molecule has 1 N–H and O–H groups in total. The predicted molar refractivity (Wildman–Crippen MR) is 113 cm³/mol. The highest BCUT2D eigenvalue weighted by atomic mass is 35.5. The molecular formula is C22H24ClN3O3. The van der Waals surface area contributed by atoms with Crippen molar-refractivity contribution in [2.45, 2.75) is 12.6 Å². The highest BCUT2D eigenvalue weighted by Gasteiger charge is 2.17. The van der Waals surface area contributed by atoms with Crippen LogP contribution in [0.1, 0.15) is 5.56 Å². The highest BCUT2D eigenvalue weighted by molar-refractivity contribution is 6.33. The van der Waals surface area contributed by atoms with Crippen LogP contribution in [0.2, 0.25) is 5.02 Å². The molecule has 1 fully saturated rings. The van der Waals surface area contributed by atoms with Crippen molar-refractivity contribution in [3.8, 4) is 22.7 Å². The van der Waals surface area contributed by atoms with E-state index in [9.17, 15) is 0 Å². The molecule has 6 nitrogen and oxygen atoms in total. The first-order valence-electron chi connectivity index (χ1n) is 9.62. The molecule has 0 spiro atoms. The van der Waals surface area contributed by atoms with Gasteiger partial charge >= 0.3 is 0 Å². The zero-order chi connectivity index (χ0) is 20.1. The number of methoxy groups -OCH3 is 1. The molecule has 1 aliphatic rings. The SMILES string of the molecule is COc1ccc(-n2cc(CNC[C@H]3COCCO3)c(-c3ccccc3Cl)n2)cc1. The summed E-state index contributed by atoms with van der Waals surface area (Å²) in [6.07, 6.45) is 2.11. The topological polar surface area (TPSA) is 57.5 Å². The minimum absolute atomic E-state index is 0.0733. The second-order valence-electron chi connectivity index (χ2n) is 6.82. The summed E-state index contributed by atoms with van der Waals surface area (Å²) < 4.78 is 18.3. The summed E-state index contributed by atoms with van der Waals surface area (Å²) in [5, 5.41) is 8.97. The second-order valence-corrected chi connectivity index (χ2v) is 7.23. The van der Waals surface area contributed by atoms with Gasteiger partial charge in [-0.3, -0.25) is 0 Å². The van der Waals surface area contributed by atoms with Gasteiger partial charge in [0.25, 0.3) is 0 Å². The van der Waals surface area contributed by atoms with Crippen LogP contribution in [0.15, 0.2) is 54.7 Å². The number of aromatic nitrogens is 2. The average molecular weight is 414 g/mol. The van der Waals surface area contributed by atoms with Crippen LogP contribution in [0, 0.1) is 0 Å². The van der Waals surface area contributed by atoms with Crippen molar-refractivity contribution >= 4 is 11.6 Å². The standard InChI is InChI=1S/C22H24ClN3O3/c1-27-18-8-6-17(7-9-18)26-14-16(12-24-13-19-15-28-10-11-29-19)22(25-26)20-4-2-3-5-21(20)23/h2-9,14,19,24H,10-13,15H2,1H3/t19-/m0/s1. The minimum Gasteiger partial charge on any atom is -0.497 e. The van der Waals surface area contributed by atoms with Gasteiger partial charge in [-0.15, -0.1) is 0 Å². The monoisotopic (exact) mass is 413 g/mol. The molecule has 0 bridgehead atoms. The number of rotatable bonds is 7. The molecule has 2 heterocycles. The van der Waals surface area contributed by atoms with E-state index in [-0.39, 0.29) is 6.10 Å². The van der Waals surface area contributed by atoms with E-state index >= 15 is 0 Å². The van der Waals surface area contributed by atoms with Crippen molar-refractivity contribution in [1.82, 2.24) is 15.1 Å². The van der Waals surface area contributed by atoms with E-state index < -0.39 is 0 Å². The van der Waals surface area contributed by atoms with Gasteiger partial charge in [0, 0.05) is 30.4 Å². The van der Waals surface area contributed by atoms with Crippen LogP contribution in [0.25, 0.3) is 16.9 Å². The summed E-state index contributed by atoms with van der Waals surface area (Å²) in [5.74, 6) is 0.809. The second kappa shape index (κ2) is 9.41. The van der Waals surface area contributed by atoms with Gasteiger partial charge in [-0.25, -0.2) is 4.68 Å². The van der Waals surface area contributed by atoms with Crippen molar-refractivity contribution < 1.29 is 14.2 Å². The third-order valence-corrected chi connectivity index (χ3v) is 5.16. The average Bonchev–Trinajstić information content (AvgIpc) is 3.19. The summed E-state index contributed by atoms with van der Waals surface area (Å²) in [4.78, 5) is 0. The summed E-state index contributed by atoms with van der Waals surface area (Å²) in [6.45, 7) is 3.30. The van der Waals surface area contributed by atoms with Crippen molar-refractivity contribution in [2.75, 3.05) is 33.5 Å². The lowest BCUT2D eigenvalue weighted by Crippen LogP contribution is -2.37. The molecule has 3 aromatic rings. The smallest absolute Gasteiger partial charge is 0.119 e. The zero-order valence-corrected chi connectivity index (χ0v) is 17.1. The Hall–Kier alpha value is -2.38. The number of benzene rings is 2. The first kappa shape index (κ1) is 19.9. The molecule has 0 unspecified atom stereocenters. The number of nitrogens with zero attached hydrogens (tertiary/aromatic N) is 2. The van der Waals surface area contributed by atoms with Gasteiger partial charge in [-0.05, 0) is 30.3 Å². The molecule has 4 rings (SSSR count). The molecule has 1 saturated heterocycles. The Labute approximate surface area is 175 Å². The van der Waals surface area contributed by atoms with Crippen LogP contribution in [-0.2, 0) is 16.0 Å². The lowest BCUT2D eigenvalue weighted by atomic mass is 10.1. The molecule has 0 radical (unpaired) electrons. The van der Waals surface area contributed by atoms with Crippen molar-refractivity contribution in [3.63, 3.8) is 0 Å². The van der Waals surface area contributed by atoms with Crippen LogP contribution in [-0.4, -0.2) is 49.4 Å². The van der Waals surface area contributed by atoms with Crippen molar-refractivity contribution in [1.29, 1.82) is 0 Å². The Morgan fingerprint density at radius 3 is 2.72 bits per heavy atom. The summed E-state index contributed by atoms with van der Waals surface area (Å²) in [5.41, 5.74) is 3.79. The number of nitrogens with one attached hydrogen (secondary N) is 1. The quantitative estimate of drug-likeness (QED) is 0.640. The largest absolute Gasteiger partial charge is 0.497 e. The Morgan fingerprint density at radius 2 is 2.00 bits per heavy atom. The van der Waals surface area contributed by atoms with Crippen LogP contribution in [0.3, 0.4) is 0 Å². The van der Waals surface area contributed by atoms with E-state index in [1.807, 2.05) is 59.4 Å². The Bertz CT molecular complexity index is 937. The van der Waals surface area contributed by atoms with Gasteiger partial charge in [-0.2, -0.15) is 5.10 Å². The fourth-order valence-electron chi connectivity index (χ4n) is 3.31. The van der Waals surface area contributed by atoms with E-state index in [1.165, 1.54) is 0 Å². The minimum atomic E-state index is 0.0733. The molecule has 1 aromatic heterocycles.